The van der Waals surface area contributed by atoms with E-state index in [4.69, 9.17) is 21.8 Å². The minimum absolute atomic E-state index is 0.0135. The quantitative estimate of drug-likeness (QED) is 0.501. The van der Waals surface area contributed by atoms with E-state index in [1.165, 1.54) is 22.6 Å². The molecule has 0 saturated carbocycles. The van der Waals surface area contributed by atoms with Crippen LogP contribution in [0.25, 0.3) is 10.9 Å². The van der Waals surface area contributed by atoms with Crippen molar-refractivity contribution < 1.29 is 23.4 Å². The fourth-order valence-electron chi connectivity index (χ4n) is 5.01. The van der Waals surface area contributed by atoms with Gasteiger partial charge < -0.3 is 10.2 Å². The van der Waals surface area contributed by atoms with Gasteiger partial charge >= 0.3 is 11.8 Å². The number of carboxylic acid groups (broad SMARTS) is 1. The summed E-state index contributed by atoms with van der Waals surface area (Å²) in [6, 6.07) is 6.98. The van der Waals surface area contributed by atoms with Crippen LogP contribution >= 0.6 is 11.6 Å². The molecule has 3 atom stereocenters. The molecular formula is C24H24ClN4O5S+. The highest BCUT2D eigenvalue weighted by Gasteiger charge is 2.49. The average Bonchev–Trinajstić information content (AvgIpc) is 3.51. The largest absolute Gasteiger partial charge is 0.579 e. The number of carboxylic acids is 1. The van der Waals surface area contributed by atoms with E-state index in [2.05, 4.69) is 4.98 Å². The zero-order chi connectivity index (χ0) is 24.9. The SMILES string of the molecule is C[C@@H]1CN(S(=O)(=O)c2ccc([OH2+])nc2)C(C2=CCC=C2)[C@@H]1n1nc(CC(=O)O)c2ccc(Cl)cc21. The van der Waals surface area contributed by atoms with Gasteiger partial charge in [-0.3, -0.25) is 9.48 Å². The number of carbonyl (C=O) groups is 1. The van der Waals surface area contributed by atoms with E-state index in [9.17, 15) is 18.3 Å². The lowest BCUT2D eigenvalue weighted by Gasteiger charge is -2.29. The highest BCUT2D eigenvalue weighted by molar-refractivity contribution is 7.89. The summed E-state index contributed by atoms with van der Waals surface area (Å²) in [7, 11) is -3.94. The third kappa shape index (κ3) is 4.11. The Labute approximate surface area is 207 Å². The summed E-state index contributed by atoms with van der Waals surface area (Å²) in [5.74, 6) is -1.16. The van der Waals surface area contributed by atoms with Crippen molar-refractivity contribution >= 4 is 38.5 Å². The molecule has 1 saturated heterocycles. The number of aliphatic carboxylic acids is 1. The third-order valence-electron chi connectivity index (χ3n) is 6.52. The van der Waals surface area contributed by atoms with Crippen LogP contribution < -0.4 is 0 Å². The predicted octanol–water partition coefficient (Wildman–Crippen LogP) is 3.29. The Hall–Kier alpha value is -3.21. The summed E-state index contributed by atoms with van der Waals surface area (Å²) in [6.45, 7) is 2.20. The van der Waals surface area contributed by atoms with Crippen LogP contribution in [0.15, 0.2) is 65.2 Å². The molecule has 1 aliphatic heterocycles. The van der Waals surface area contributed by atoms with Gasteiger partial charge in [-0.15, -0.1) is 0 Å². The predicted molar refractivity (Wildman–Crippen MR) is 131 cm³/mol. The lowest BCUT2D eigenvalue weighted by molar-refractivity contribution is -0.136. The summed E-state index contributed by atoms with van der Waals surface area (Å²) in [6.07, 6.45) is 7.56. The van der Waals surface area contributed by atoms with Crippen molar-refractivity contribution in [3.8, 4) is 5.88 Å². The molecule has 11 heteroatoms. The van der Waals surface area contributed by atoms with E-state index in [1.54, 1.807) is 22.9 Å². The van der Waals surface area contributed by atoms with Gasteiger partial charge in [-0.1, -0.05) is 36.8 Å². The molecule has 0 radical (unpaired) electrons. The zero-order valence-corrected chi connectivity index (χ0v) is 20.4. The fourth-order valence-corrected chi connectivity index (χ4v) is 6.85. The Morgan fingerprint density at radius 1 is 1.29 bits per heavy atom. The van der Waals surface area contributed by atoms with Gasteiger partial charge in [-0.25, -0.2) is 8.42 Å². The van der Waals surface area contributed by atoms with Crippen molar-refractivity contribution in [2.75, 3.05) is 6.54 Å². The Morgan fingerprint density at radius 3 is 2.74 bits per heavy atom. The van der Waals surface area contributed by atoms with E-state index >= 15 is 0 Å². The van der Waals surface area contributed by atoms with Crippen molar-refractivity contribution in [2.45, 2.75) is 36.7 Å². The summed E-state index contributed by atoms with van der Waals surface area (Å²) in [5.41, 5.74) is 1.93. The zero-order valence-electron chi connectivity index (χ0n) is 18.8. The standard InChI is InChI=1S/C24H23ClN4O5S/c1-14-13-28(35(33,34)17-7-9-21(30)26-12-17)24(15-4-2-3-5-15)23(14)29-20-10-16(25)6-8-18(20)19(27-29)11-22(31)32/h2,4-10,12,14,23-24H,3,11,13H2,1H3,(H,26,30)(H,31,32)/p+1/t14-,23-,24?/m1/s1. The number of hydrogen-bond donors (Lipinski definition) is 1. The van der Waals surface area contributed by atoms with Crippen LogP contribution in [0, 0.1) is 5.92 Å². The maximum absolute atomic E-state index is 13.7. The van der Waals surface area contributed by atoms with Crippen molar-refractivity contribution in [3.63, 3.8) is 0 Å². The molecular weight excluding hydrogens is 492 g/mol. The van der Waals surface area contributed by atoms with Crippen LogP contribution in [0.2, 0.25) is 5.02 Å². The lowest BCUT2D eigenvalue weighted by atomic mass is 9.95. The normalized spacial score (nSPS) is 22.7. The number of benzene rings is 1. The number of aromatic nitrogens is 3. The van der Waals surface area contributed by atoms with Crippen LogP contribution in [0.3, 0.4) is 0 Å². The van der Waals surface area contributed by atoms with Crippen LogP contribution in [-0.4, -0.2) is 56.3 Å². The molecule has 3 aromatic rings. The van der Waals surface area contributed by atoms with Gasteiger partial charge in [0, 0.05) is 17.0 Å². The lowest BCUT2D eigenvalue weighted by Crippen LogP contribution is -2.39. The number of halogens is 1. The number of sulfonamides is 1. The van der Waals surface area contributed by atoms with Gasteiger partial charge in [0.2, 0.25) is 10.0 Å². The van der Waals surface area contributed by atoms with E-state index in [-0.39, 0.29) is 29.7 Å². The monoisotopic (exact) mass is 515 g/mol. The van der Waals surface area contributed by atoms with Gasteiger partial charge in [0.25, 0.3) is 0 Å². The molecule has 35 heavy (non-hydrogen) atoms. The number of allylic oxidation sites excluding steroid dienone is 2. The van der Waals surface area contributed by atoms with Crippen molar-refractivity contribution in [1.82, 2.24) is 19.1 Å². The summed E-state index contributed by atoms with van der Waals surface area (Å²) >= 11 is 6.30. The highest BCUT2D eigenvalue weighted by atomic mass is 35.5. The molecule has 3 N–H and O–H groups in total. The Kier molecular flexibility index (Phi) is 5.90. The topological polar surface area (TPSA) is 128 Å². The summed E-state index contributed by atoms with van der Waals surface area (Å²) in [5, 5.41) is 22.9. The molecule has 1 aliphatic carbocycles. The molecule has 1 aromatic carbocycles. The smallest absolute Gasteiger partial charge is 0.356 e. The molecule has 2 aliphatic rings. The summed E-state index contributed by atoms with van der Waals surface area (Å²) in [4.78, 5) is 15.4. The Bertz CT molecular complexity index is 1480. The maximum Gasteiger partial charge on any atom is 0.356 e. The van der Waals surface area contributed by atoms with Crippen LogP contribution in [0.4, 0.5) is 0 Å². The first-order chi connectivity index (χ1) is 16.7. The van der Waals surface area contributed by atoms with E-state index in [0.717, 1.165) is 5.57 Å². The fraction of sp³-hybridized carbons (Fsp3) is 0.292. The van der Waals surface area contributed by atoms with E-state index in [0.29, 0.717) is 28.0 Å². The first kappa shape index (κ1) is 23.5. The molecule has 1 fully saturated rings. The first-order valence-electron chi connectivity index (χ1n) is 11.1. The highest BCUT2D eigenvalue weighted by Crippen LogP contribution is 2.43. The van der Waals surface area contributed by atoms with E-state index < -0.39 is 28.1 Å². The molecule has 182 valence electrons. The molecule has 9 nitrogen and oxygen atoms in total. The maximum atomic E-state index is 13.7. The number of pyridine rings is 1. The molecule has 1 unspecified atom stereocenters. The number of nitrogens with zero attached hydrogens (tertiary/aromatic N) is 4. The van der Waals surface area contributed by atoms with Gasteiger partial charge in [0.15, 0.2) is 0 Å². The Morgan fingerprint density at radius 2 is 2.09 bits per heavy atom. The minimum Gasteiger partial charge on any atom is -0.579 e. The van der Waals surface area contributed by atoms with Gasteiger partial charge in [-0.2, -0.15) is 14.4 Å². The summed E-state index contributed by atoms with van der Waals surface area (Å²) < 4.78 is 30.7. The van der Waals surface area contributed by atoms with Gasteiger partial charge in [-0.05, 0) is 42.2 Å². The minimum atomic E-state index is -3.94. The van der Waals surface area contributed by atoms with Crippen LogP contribution in [0.5, 0.6) is 5.88 Å². The Balaban J connectivity index is 1.67. The van der Waals surface area contributed by atoms with Crippen molar-refractivity contribution in [2.24, 2.45) is 5.92 Å². The van der Waals surface area contributed by atoms with Crippen LogP contribution in [-0.2, 0) is 21.2 Å². The number of rotatable bonds is 6. The van der Waals surface area contributed by atoms with Crippen molar-refractivity contribution in [3.05, 3.63) is 71.0 Å². The molecule has 0 amide bonds. The number of hydrogen-bond acceptors (Lipinski definition) is 5. The molecule has 2 aromatic heterocycles. The third-order valence-corrected chi connectivity index (χ3v) is 8.58. The number of fused-ring (bicyclic) bond motifs is 1. The molecule has 3 heterocycles. The first-order valence-corrected chi connectivity index (χ1v) is 12.9. The van der Waals surface area contributed by atoms with Crippen LogP contribution in [0.1, 0.15) is 25.1 Å². The van der Waals surface area contributed by atoms with E-state index in [1.807, 2.05) is 25.2 Å². The van der Waals surface area contributed by atoms with Crippen molar-refractivity contribution in [1.29, 1.82) is 0 Å². The molecule has 0 spiro atoms. The average molecular weight is 516 g/mol. The second kappa shape index (κ2) is 8.78. The molecule has 0 bridgehead atoms. The second-order valence-electron chi connectivity index (χ2n) is 8.83. The molecule has 5 rings (SSSR count). The van der Waals surface area contributed by atoms with Gasteiger partial charge in [0.1, 0.15) is 4.90 Å². The second-order valence-corrected chi connectivity index (χ2v) is 11.2. The van der Waals surface area contributed by atoms with Gasteiger partial charge in [0.05, 0.1) is 42.0 Å².